The van der Waals surface area contributed by atoms with Gasteiger partial charge in [-0.2, -0.15) is 5.10 Å². The number of ether oxygens (including phenoxy) is 1. The maximum absolute atomic E-state index is 12.5. The third kappa shape index (κ3) is 4.35. The van der Waals surface area contributed by atoms with Crippen molar-refractivity contribution in [1.82, 2.24) is 9.78 Å². The lowest BCUT2D eigenvalue weighted by Gasteiger charge is -2.10. The van der Waals surface area contributed by atoms with Crippen LogP contribution in [-0.2, 0) is 7.05 Å². The lowest BCUT2D eigenvalue weighted by Crippen LogP contribution is -2.17. The van der Waals surface area contributed by atoms with Crippen LogP contribution in [0.1, 0.15) is 16.1 Å². The maximum Gasteiger partial charge on any atom is 0.320 e. The number of carbonyl (C=O) groups is 1. The van der Waals surface area contributed by atoms with Crippen LogP contribution >= 0.6 is 0 Å². The van der Waals surface area contributed by atoms with Crippen LogP contribution < -0.4 is 10.1 Å². The minimum Gasteiger partial charge on any atom is -0.457 e. The van der Waals surface area contributed by atoms with Crippen molar-refractivity contribution in [2.45, 2.75) is 6.92 Å². The van der Waals surface area contributed by atoms with E-state index in [1.54, 1.807) is 18.2 Å². The van der Waals surface area contributed by atoms with Gasteiger partial charge in [0.2, 0.25) is 5.69 Å². The largest absolute Gasteiger partial charge is 0.457 e. The average molecular weight is 397 g/mol. The molecule has 1 heterocycles. The summed E-state index contributed by atoms with van der Waals surface area (Å²) in [5.74, 6) is -0.247. The summed E-state index contributed by atoms with van der Waals surface area (Å²) < 4.78 is 6.72. The number of carbonyl (C=O) groups excluding carboxylic acids is 1. The highest BCUT2D eigenvalue weighted by molar-refractivity contribution is 6.06. The van der Waals surface area contributed by atoms with E-state index in [-0.39, 0.29) is 22.8 Å². The molecule has 3 rings (SSSR count). The molecule has 0 aliphatic rings. The fraction of sp³-hybridized carbons (Fsp3) is 0.111. The Morgan fingerprint density at radius 2 is 1.86 bits per heavy atom. The fourth-order valence-corrected chi connectivity index (χ4v) is 2.65. The zero-order valence-electron chi connectivity index (χ0n) is 15.4. The third-order valence-electron chi connectivity index (χ3n) is 3.92. The number of hydrogen-bond donors (Lipinski definition) is 1. The molecule has 29 heavy (non-hydrogen) atoms. The zero-order valence-corrected chi connectivity index (χ0v) is 15.4. The summed E-state index contributed by atoms with van der Waals surface area (Å²) in [6, 6.07) is 10.8. The van der Waals surface area contributed by atoms with E-state index in [2.05, 4.69) is 10.4 Å². The second-order valence-corrected chi connectivity index (χ2v) is 6.10. The van der Waals surface area contributed by atoms with Crippen LogP contribution in [0.3, 0.4) is 0 Å². The van der Waals surface area contributed by atoms with E-state index < -0.39 is 21.4 Å². The normalized spacial score (nSPS) is 10.4. The molecule has 11 heteroatoms. The molecule has 0 aliphatic carbocycles. The number of aromatic nitrogens is 2. The summed E-state index contributed by atoms with van der Waals surface area (Å²) in [6.07, 6.45) is 0.953. The van der Waals surface area contributed by atoms with E-state index in [1.807, 2.05) is 13.0 Å². The summed E-state index contributed by atoms with van der Waals surface area (Å²) >= 11 is 0. The Balaban J connectivity index is 1.94. The highest BCUT2D eigenvalue weighted by Crippen LogP contribution is 2.30. The van der Waals surface area contributed by atoms with Gasteiger partial charge in [-0.15, -0.1) is 0 Å². The molecule has 3 aromatic rings. The first-order valence-electron chi connectivity index (χ1n) is 8.26. The number of nitrogens with zero attached hydrogens (tertiary/aromatic N) is 4. The molecule has 0 radical (unpaired) electrons. The van der Waals surface area contributed by atoms with Gasteiger partial charge in [-0.25, -0.2) is 0 Å². The second-order valence-electron chi connectivity index (χ2n) is 6.10. The summed E-state index contributed by atoms with van der Waals surface area (Å²) in [5.41, 5.74) is -0.105. The van der Waals surface area contributed by atoms with Gasteiger partial charge in [0.25, 0.3) is 11.6 Å². The first-order valence-corrected chi connectivity index (χ1v) is 8.26. The van der Waals surface area contributed by atoms with Crippen molar-refractivity contribution >= 4 is 23.0 Å². The second kappa shape index (κ2) is 7.76. The Labute approximate surface area is 163 Å². The molecular weight excluding hydrogens is 382 g/mol. The number of aryl methyl sites for hydroxylation is 2. The minimum absolute atomic E-state index is 0.0438. The molecule has 0 spiro atoms. The summed E-state index contributed by atoms with van der Waals surface area (Å²) in [6.45, 7) is 1.87. The van der Waals surface area contributed by atoms with E-state index in [0.29, 0.717) is 5.75 Å². The van der Waals surface area contributed by atoms with Gasteiger partial charge in [-0.05, 0) is 24.6 Å². The molecule has 1 aromatic heterocycles. The van der Waals surface area contributed by atoms with Crippen LogP contribution in [0.15, 0.2) is 48.7 Å². The smallest absolute Gasteiger partial charge is 0.320 e. The van der Waals surface area contributed by atoms with Crippen LogP contribution in [0.4, 0.5) is 17.1 Å². The molecule has 0 bridgehead atoms. The highest BCUT2D eigenvalue weighted by Gasteiger charge is 2.26. The predicted octanol–water partition coefficient (Wildman–Crippen LogP) is 3.59. The molecule has 1 N–H and O–H groups in total. The van der Waals surface area contributed by atoms with Gasteiger partial charge in [0, 0.05) is 19.2 Å². The van der Waals surface area contributed by atoms with Gasteiger partial charge in [0.05, 0.1) is 21.6 Å². The molecule has 0 atom stereocenters. The van der Waals surface area contributed by atoms with Crippen LogP contribution in [0, 0.1) is 27.2 Å². The Hall–Kier alpha value is -4.28. The molecular formula is C18H15N5O6. The molecule has 148 valence electrons. The maximum atomic E-state index is 12.5. The number of anilines is 1. The van der Waals surface area contributed by atoms with Crippen LogP contribution in [0.2, 0.25) is 0 Å². The summed E-state index contributed by atoms with van der Waals surface area (Å²) in [5, 5.41) is 28.5. The van der Waals surface area contributed by atoms with Crippen molar-refractivity contribution in [2.75, 3.05) is 5.32 Å². The average Bonchev–Trinajstić information content (AvgIpc) is 3.03. The minimum atomic E-state index is -0.835. The monoisotopic (exact) mass is 397 g/mol. The summed E-state index contributed by atoms with van der Waals surface area (Å²) in [4.78, 5) is 33.5. The van der Waals surface area contributed by atoms with Crippen LogP contribution in [-0.4, -0.2) is 25.5 Å². The Bertz CT molecular complexity index is 1120. The van der Waals surface area contributed by atoms with Crippen molar-refractivity contribution < 1.29 is 19.4 Å². The molecule has 2 aromatic carbocycles. The number of hydrogen-bond acceptors (Lipinski definition) is 7. The first kappa shape index (κ1) is 19.5. The molecule has 0 saturated carbocycles. The van der Waals surface area contributed by atoms with Gasteiger partial charge in [-0.1, -0.05) is 12.1 Å². The third-order valence-corrected chi connectivity index (χ3v) is 3.92. The van der Waals surface area contributed by atoms with Crippen LogP contribution in [0.25, 0.3) is 0 Å². The number of nitro groups is 2. The topological polar surface area (TPSA) is 142 Å². The fourth-order valence-electron chi connectivity index (χ4n) is 2.65. The van der Waals surface area contributed by atoms with Gasteiger partial charge in [-0.3, -0.25) is 29.7 Å². The quantitative estimate of drug-likeness (QED) is 0.494. The van der Waals surface area contributed by atoms with Crippen molar-refractivity contribution in [1.29, 1.82) is 0 Å². The number of benzene rings is 2. The predicted molar refractivity (Wildman–Crippen MR) is 102 cm³/mol. The van der Waals surface area contributed by atoms with Crippen molar-refractivity contribution in [3.05, 3.63) is 80.1 Å². The van der Waals surface area contributed by atoms with Crippen LogP contribution in [0.5, 0.6) is 11.5 Å². The van der Waals surface area contributed by atoms with E-state index in [4.69, 9.17) is 4.74 Å². The van der Waals surface area contributed by atoms with Crippen molar-refractivity contribution in [3.63, 3.8) is 0 Å². The van der Waals surface area contributed by atoms with Crippen molar-refractivity contribution in [2.24, 2.45) is 7.05 Å². The van der Waals surface area contributed by atoms with E-state index >= 15 is 0 Å². The van der Waals surface area contributed by atoms with E-state index in [1.165, 1.54) is 19.2 Å². The molecule has 0 saturated heterocycles. The van der Waals surface area contributed by atoms with Gasteiger partial charge in [0.15, 0.2) is 0 Å². The van der Waals surface area contributed by atoms with Gasteiger partial charge >= 0.3 is 5.69 Å². The molecule has 1 amide bonds. The lowest BCUT2D eigenvalue weighted by atomic mass is 10.2. The molecule has 0 unspecified atom stereocenters. The van der Waals surface area contributed by atoms with Gasteiger partial charge in [0.1, 0.15) is 17.7 Å². The number of rotatable bonds is 6. The highest BCUT2D eigenvalue weighted by atomic mass is 16.6. The molecule has 11 nitrogen and oxygen atoms in total. The van der Waals surface area contributed by atoms with E-state index in [0.717, 1.165) is 22.5 Å². The zero-order chi connectivity index (χ0) is 21.1. The van der Waals surface area contributed by atoms with Crippen molar-refractivity contribution in [3.8, 4) is 11.5 Å². The van der Waals surface area contributed by atoms with E-state index in [9.17, 15) is 25.0 Å². The lowest BCUT2D eigenvalue weighted by molar-refractivity contribution is -0.385. The molecule has 0 aliphatic heterocycles. The SMILES string of the molecule is Cc1cccc(Oc2cc(NC(=O)c3c([N+](=O)[O-])cnn3C)cc([N+](=O)[O-])c2)c1. The summed E-state index contributed by atoms with van der Waals surface area (Å²) in [7, 11) is 1.38. The number of nitrogens with one attached hydrogen (secondary N) is 1. The Morgan fingerprint density at radius 1 is 1.10 bits per heavy atom. The first-order chi connectivity index (χ1) is 13.7. The number of amides is 1. The number of nitro benzene ring substituents is 1. The Kier molecular flexibility index (Phi) is 5.21. The molecule has 0 fully saturated rings. The standard InChI is InChI=1S/C18H15N5O6/c1-11-4-3-5-14(6-11)29-15-8-12(7-13(9-15)22(25)26)20-18(24)17-16(23(27)28)10-19-21(17)2/h3-10H,1-2H3,(H,20,24). The van der Waals surface area contributed by atoms with Gasteiger partial charge < -0.3 is 10.1 Å². The number of non-ortho nitro benzene ring substituents is 1. The Morgan fingerprint density at radius 3 is 2.52 bits per heavy atom.